The van der Waals surface area contributed by atoms with E-state index in [0.29, 0.717) is 12.0 Å². The molecule has 1 heterocycles. The zero-order valence-corrected chi connectivity index (χ0v) is 12.1. The van der Waals surface area contributed by atoms with Gasteiger partial charge < -0.3 is 4.42 Å². The van der Waals surface area contributed by atoms with E-state index < -0.39 is 0 Å². The van der Waals surface area contributed by atoms with E-state index in [1.165, 1.54) is 0 Å². The molecular weight excluding hydrogens is 268 g/mol. The molecule has 0 aliphatic rings. The first-order valence-electron chi connectivity index (χ1n) is 6.75. The SMILES string of the molecule is Cc1ccc(C(=O)NNC(=O)CCc2ccco2)c(C)c1. The minimum absolute atomic E-state index is 0.251. The molecule has 0 radical (unpaired) electrons. The molecule has 0 aliphatic heterocycles. The van der Waals surface area contributed by atoms with Crippen LogP contribution in [0.3, 0.4) is 0 Å². The Labute approximate surface area is 123 Å². The van der Waals surface area contributed by atoms with E-state index in [2.05, 4.69) is 10.9 Å². The summed E-state index contributed by atoms with van der Waals surface area (Å²) >= 11 is 0. The summed E-state index contributed by atoms with van der Waals surface area (Å²) in [5, 5.41) is 0. The summed E-state index contributed by atoms with van der Waals surface area (Å²) in [5.41, 5.74) is 7.34. The van der Waals surface area contributed by atoms with Crippen molar-refractivity contribution in [2.75, 3.05) is 0 Å². The van der Waals surface area contributed by atoms with E-state index in [4.69, 9.17) is 4.42 Å². The largest absolute Gasteiger partial charge is 0.469 e. The highest BCUT2D eigenvalue weighted by Gasteiger charge is 2.10. The first-order chi connectivity index (χ1) is 10.1. The lowest BCUT2D eigenvalue weighted by Crippen LogP contribution is -2.41. The molecule has 1 aromatic heterocycles. The molecule has 0 atom stereocenters. The van der Waals surface area contributed by atoms with Crippen LogP contribution in [0.1, 0.15) is 33.7 Å². The van der Waals surface area contributed by atoms with Crippen molar-refractivity contribution >= 4 is 11.8 Å². The van der Waals surface area contributed by atoms with Crippen molar-refractivity contribution in [3.8, 4) is 0 Å². The molecule has 0 aliphatic carbocycles. The first kappa shape index (κ1) is 14.8. The summed E-state index contributed by atoms with van der Waals surface area (Å²) in [6, 6.07) is 9.11. The molecule has 2 aromatic rings. The maximum Gasteiger partial charge on any atom is 0.269 e. The number of amides is 2. The van der Waals surface area contributed by atoms with Crippen LogP contribution in [0.4, 0.5) is 0 Å². The second kappa shape index (κ2) is 6.74. The fourth-order valence-electron chi connectivity index (χ4n) is 2.02. The maximum atomic E-state index is 12.0. The highest BCUT2D eigenvalue weighted by atomic mass is 16.3. The quantitative estimate of drug-likeness (QED) is 0.847. The van der Waals surface area contributed by atoms with Crippen molar-refractivity contribution in [2.24, 2.45) is 0 Å². The number of carbonyl (C=O) groups is 2. The molecule has 0 saturated heterocycles. The molecule has 2 rings (SSSR count). The number of nitrogens with one attached hydrogen (secondary N) is 2. The zero-order valence-electron chi connectivity index (χ0n) is 12.1. The monoisotopic (exact) mass is 286 g/mol. The molecule has 5 nitrogen and oxygen atoms in total. The highest BCUT2D eigenvalue weighted by Crippen LogP contribution is 2.10. The summed E-state index contributed by atoms with van der Waals surface area (Å²) < 4.78 is 5.14. The molecule has 110 valence electrons. The average Bonchev–Trinajstić information content (AvgIpc) is 2.95. The lowest BCUT2D eigenvalue weighted by Gasteiger charge is -2.09. The van der Waals surface area contributed by atoms with Gasteiger partial charge in [0, 0.05) is 18.4 Å². The van der Waals surface area contributed by atoms with Gasteiger partial charge in [-0.15, -0.1) is 0 Å². The van der Waals surface area contributed by atoms with Crippen molar-refractivity contribution in [2.45, 2.75) is 26.7 Å². The molecule has 0 unspecified atom stereocenters. The zero-order chi connectivity index (χ0) is 15.2. The van der Waals surface area contributed by atoms with Crippen molar-refractivity contribution in [1.29, 1.82) is 0 Å². The average molecular weight is 286 g/mol. The maximum absolute atomic E-state index is 12.0. The number of benzene rings is 1. The topological polar surface area (TPSA) is 71.3 Å². The first-order valence-corrected chi connectivity index (χ1v) is 6.75. The van der Waals surface area contributed by atoms with Gasteiger partial charge in [0.25, 0.3) is 5.91 Å². The normalized spacial score (nSPS) is 10.2. The van der Waals surface area contributed by atoms with Gasteiger partial charge >= 0.3 is 0 Å². The van der Waals surface area contributed by atoms with E-state index in [-0.39, 0.29) is 18.2 Å². The van der Waals surface area contributed by atoms with Crippen molar-refractivity contribution in [3.63, 3.8) is 0 Å². The van der Waals surface area contributed by atoms with E-state index in [0.717, 1.165) is 16.9 Å². The Balaban J connectivity index is 1.81. The summed E-state index contributed by atoms with van der Waals surface area (Å²) in [6.45, 7) is 3.83. The minimum atomic E-state index is -0.321. The number of aryl methyl sites for hydroxylation is 3. The van der Waals surface area contributed by atoms with Gasteiger partial charge in [-0.3, -0.25) is 20.4 Å². The van der Waals surface area contributed by atoms with Gasteiger partial charge in [0.15, 0.2) is 0 Å². The van der Waals surface area contributed by atoms with E-state index in [1.807, 2.05) is 32.0 Å². The van der Waals surface area contributed by atoms with Crippen molar-refractivity contribution in [3.05, 3.63) is 59.0 Å². The van der Waals surface area contributed by atoms with Gasteiger partial charge in [-0.05, 0) is 37.6 Å². The van der Waals surface area contributed by atoms with Crippen LogP contribution < -0.4 is 10.9 Å². The van der Waals surface area contributed by atoms with Crippen LogP contribution in [-0.2, 0) is 11.2 Å². The highest BCUT2D eigenvalue weighted by molar-refractivity contribution is 5.96. The summed E-state index contributed by atoms with van der Waals surface area (Å²) in [5.74, 6) is 0.161. The third kappa shape index (κ3) is 4.21. The van der Waals surface area contributed by atoms with Crippen LogP contribution in [0.2, 0.25) is 0 Å². The Bertz CT molecular complexity index is 633. The predicted molar refractivity (Wildman–Crippen MR) is 78.6 cm³/mol. The second-order valence-corrected chi connectivity index (χ2v) is 4.90. The summed E-state index contributed by atoms with van der Waals surface area (Å²) in [7, 11) is 0. The minimum Gasteiger partial charge on any atom is -0.469 e. The van der Waals surface area contributed by atoms with Crippen LogP contribution >= 0.6 is 0 Å². The number of hydrogen-bond acceptors (Lipinski definition) is 3. The van der Waals surface area contributed by atoms with Crippen molar-refractivity contribution in [1.82, 2.24) is 10.9 Å². The molecular formula is C16H18N2O3. The number of hydrogen-bond donors (Lipinski definition) is 2. The Morgan fingerprint density at radius 1 is 1.14 bits per heavy atom. The van der Waals surface area contributed by atoms with Gasteiger partial charge in [0.05, 0.1) is 6.26 Å². The van der Waals surface area contributed by atoms with Crippen LogP contribution in [0.5, 0.6) is 0 Å². The van der Waals surface area contributed by atoms with Gasteiger partial charge in [-0.25, -0.2) is 0 Å². The Kier molecular flexibility index (Phi) is 4.77. The van der Waals surface area contributed by atoms with Crippen LogP contribution in [-0.4, -0.2) is 11.8 Å². The molecule has 2 amide bonds. The lowest BCUT2D eigenvalue weighted by molar-refractivity contribution is -0.121. The third-order valence-electron chi connectivity index (χ3n) is 3.12. The van der Waals surface area contributed by atoms with Crippen LogP contribution in [0, 0.1) is 13.8 Å². The predicted octanol–water partition coefficient (Wildman–Crippen LogP) is 2.29. The van der Waals surface area contributed by atoms with E-state index in [1.54, 1.807) is 18.4 Å². The van der Waals surface area contributed by atoms with Crippen LogP contribution in [0.15, 0.2) is 41.0 Å². The Morgan fingerprint density at radius 2 is 1.95 bits per heavy atom. The summed E-state index contributed by atoms with van der Waals surface area (Å²) in [4.78, 5) is 23.6. The molecule has 5 heteroatoms. The number of carbonyl (C=O) groups excluding carboxylic acids is 2. The smallest absolute Gasteiger partial charge is 0.269 e. The van der Waals surface area contributed by atoms with Crippen LogP contribution in [0.25, 0.3) is 0 Å². The van der Waals surface area contributed by atoms with Gasteiger partial charge in [-0.2, -0.15) is 0 Å². The third-order valence-corrected chi connectivity index (χ3v) is 3.12. The van der Waals surface area contributed by atoms with E-state index >= 15 is 0 Å². The molecule has 0 saturated carbocycles. The number of furan rings is 1. The molecule has 0 bridgehead atoms. The molecule has 21 heavy (non-hydrogen) atoms. The van der Waals surface area contributed by atoms with Gasteiger partial charge in [-0.1, -0.05) is 17.7 Å². The lowest BCUT2D eigenvalue weighted by atomic mass is 10.1. The standard InChI is InChI=1S/C16H18N2O3/c1-11-5-7-14(12(2)10-11)16(20)18-17-15(19)8-6-13-4-3-9-21-13/h3-5,7,9-10H,6,8H2,1-2H3,(H,17,19)(H,18,20). The van der Waals surface area contributed by atoms with E-state index in [9.17, 15) is 9.59 Å². The second-order valence-electron chi connectivity index (χ2n) is 4.90. The number of hydrazine groups is 1. The Hall–Kier alpha value is -2.56. The molecule has 0 spiro atoms. The molecule has 2 N–H and O–H groups in total. The number of rotatable bonds is 4. The van der Waals surface area contributed by atoms with Gasteiger partial charge in [0.1, 0.15) is 5.76 Å². The molecule has 1 aromatic carbocycles. The fourth-order valence-corrected chi connectivity index (χ4v) is 2.02. The van der Waals surface area contributed by atoms with Gasteiger partial charge in [0.2, 0.25) is 5.91 Å². The van der Waals surface area contributed by atoms with Crippen molar-refractivity contribution < 1.29 is 14.0 Å². The molecule has 0 fully saturated rings. The fraction of sp³-hybridized carbons (Fsp3) is 0.250. The summed E-state index contributed by atoms with van der Waals surface area (Å²) in [6.07, 6.45) is 2.31. The Morgan fingerprint density at radius 3 is 2.62 bits per heavy atom.